The molecule has 90 valence electrons. The third-order valence-corrected chi connectivity index (χ3v) is 4.49. The summed E-state index contributed by atoms with van der Waals surface area (Å²) >= 11 is 0. The smallest absolute Gasteiger partial charge is 0.324 e. The second kappa shape index (κ2) is 5.46. The molecular formula is C9H19NO4S. The molecule has 0 aliphatic rings. The van der Waals surface area contributed by atoms with Crippen molar-refractivity contribution in [3.8, 4) is 0 Å². The predicted octanol–water partition coefficient (Wildman–Crippen LogP) is 0.264. The minimum Gasteiger partial charge on any atom is -0.480 e. The summed E-state index contributed by atoms with van der Waals surface area (Å²) in [5.74, 6) is -1.29. The van der Waals surface area contributed by atoms with Crippen LogP contribution < -0.4 is 5.32 Å². The zero-order valence-electron chi connectivity index (χ0n) is 9.41. The molecule has 6 heteroatoms. The van der Waals surface area contributed by atoms with E-state index in [2.05, 4.69) is 5.32 Å². The summed E-state index contributed by atoms with van der Waals surface area (Å²) in [4.78, 5) is 10.9. The Hall–Kier alpha value is -0.620. The van der Waals surface area contributed by atoms with Crippen molar-refractivity contribution in [2.45, 2.75) is 31.4 Å². The van der Waals surface area contributed by atoms with Crippen LogP contribution >= 0.6 is 0 Å². The number of carboxylic acids is 1. The van der Waals surface area contributed by atoms with E-state index >= 15 is 0 Å². The molecule has 0 bridgehead atoms. The number of sulfone groups is 1. The number of rotatable bonds is 7. The first-order valence-electron chi connectivity index (χ1n) is 4.89. The van der Waals surface area contributed by atoms with E-state index < -0.39 is 20.6 Å². The molecule has 1 unspecified atom stereocenters. The Kier molecular flexibility index (Phi) is 5.23. The minimum absolute atomic E-state index is 0.0845. The van der Waals surface area contributed by atoms with Gasteiger partial charge in [0.2, 0.25) is 0 Å². The van der Waals surface area contributed by atoms with Crippen LogP contribution in [-0.2, 0) is 14.6 Å². The molecule has 0 saturated carbocycles. The van der Waals surface area contributed by atoms with E-state index in [0.717, 1.165) is 19.2 Å². The SMILES string of the molecule is CCCNCCC(C)(C(=O)O)S(C)(=O)=O. The van der Waals surface area contributed by atoms with E-state index in [9.17, 15) is 13.2 Å². The molecule has 0 aromatic carbocycles. The van der Waals surface area contributed by atoms with Crippen molar-refractivity contribution in [1.29, 1.82) is 0 Å². The van der Waals surface area contributed by atoms with Gasteiger partial charge in [0, 0.05) is 6.26 Å². The van der Waals surface area contributed by atoms with Crippen LogP contribution in [0.1, 0.15) is 26.7 Å². The van der Waals surface area contributed by atoms with Gasteiger partial charge in [0.05, 0.1) is 0 Å². The summed E-state index contributed by atoms with van der Waals surface area (Å²) in [5.41, 5.74) is 0. The second-order valence-electron chi connectivity index (χ2n) is 3.81. The van der Waals surface area contributed by atoms with Crippen LogP contribution in [-0.4, -0.2) is 43.6 Å². The number of hydrogen-bond acceptors (Lipinski definition) is 4. The van der Waals surface area contributed by atoms with Crippen molar-refractivity contribution < 1.29 is 18.3 Å². The first-order valence-corrected chi connectivity index (χ1v) is 6.78. The van der Waals surface area contributed by atoms with Gasteiger partial charge in [-0.2, -0.15) is 0 Å². The van der Waals surface area contributed by atoms with E-state index in [1.165, 1.54) is 6.92 Å². The molecule has 0 aromatic rings. The maximum Gasteiger partial charge on any atom is 0.324 e. The lowest BCUT2D eigenvalue weighted by atomic mass is 10.1. The van der Waals surface area contributed by atoms with E-state index in [0.29, 0.717) is 6.54 Å². The van der Waals surface area contributed by atoms with Gasteiger partial charge in [-0.3, -0.25) is 4.79 Å². The van der Waals surface area contributed by atoms with Crippen LogP contribution in [0.4, 0.5) is 0 Å². The Bertz CT molecular complexity index is 312. The van der Waals surface area contributed by atoms with Gasteiger partial charge in [-0.05, 0) is 32.9 Å². The van der Waals surface area contributed by atoms with Crippen molar-refractivity contribution >= 4 is 15.8 Å². The molecule has 0 aromatic heterocycles. The molecule has 0 aliphatic carbocycles. The summed E-state index contributed by atoms with van der Waals surface area (Å²) in [7, 11) is -3.59. The summed E-state index contributed by atoms with van der Waals surface area (Å²) in [6.45, 7) is 4.39. The second-order valence-corrected chi connectivity index (χ2v) is 6.25. The van der Waals surface area contributed by atoms with Crippen LogP contribution in [0.5, 0.6) is 0 Å². The quantitative estimate of drug-likeness (QED) is 0.621. The molecule has 0 heterocycles. The van der Waals surface area contributed by atoms with Gasteiger partial charge in [-0.15, -0.1) is 0 Å². The molecule has 0 fully saturated rings. The van der Waals surface area contributed by atoms with Crippen molar-refractivity contribution in [2.24, 2.45) is 0 Å². The molecular weight excluding hydrogens is 218 g/mol. The molecule has 0 radical (unpaired) electrons. The maximum absolute atomic E-state index is 11.3. The van der Waals surface area contributed by atoms with Crippen LogP contribution in [0, 0.1) is 0 Å². The molecule has 5 nitrogen and oxygen atoms in total. The topological polar surface area (TPSA) is 83.5 Å². The standard InChI is InChI=1S/C9H19NO4S/c1-4-6-10-7-5-9(2,8(11)12)15(3,13)14/h10H,4-7H2,1-3H3,(H,11,12). The van der Waals surface area contributed by atoms with Crippen LogP contribution in [0.2, 0.25) is 0 Å². The van der Waals surface area contributed by atoms with Crippen LogP contribution in [0.15, 0.2) is 0 Å². The maximum atomic E-state index is 11.3. The molecule has 0 aliphatic heterocycles. The average molecular weight is 237 g/mol. The van der Waals surface area contributed by atoms with Gasteiger partial charge in [0.25, 0.3) is 0 Å². The van der Waals surface area contributed by atoms with Crippen molar-refractivity contribution in [1.82, 2.24) is 5.32 Å². The fraction of sp³-hybridized carbons (Fsp3) is 0.889. The highest BCUT2D eigenvalue weighted by Crippen LogP contribution is 2.20. The lowest BCUT2D eigenvalue weighted by molar-refractivity contribution is -0.139. The monoisotopic (exact) mass is 237 g/mol. The Balaban J connectivity index is 4.50. The molecule has 2 N–H and O–H groups in total. The number of carbonyl (C=O) groups is 1. The minimum atomic E-state index is -3.59. The van der Waals surface area contributed by atoms with Crippen LogP contribution in [0.3, 0.4) is 0 Å². The van der Waals surface area contributed by atoms with Gasteiger partial charge in [0.15, 0.2) is 14.6 Å². The fourth-order valence-electron chi connectivity index (χ4n) is 1.08. The van der Waals surface area contributed by atoms with E-state index in [4.69, 9.17) is 5.11 Å². The molecule has 0 saturated heterocycles. The Morgan fingerprint density at radius 2 is 1.93 bits per heavy atom. The van der Waals surface area contributed by atoms with Crippen molar-refractivity contribution in [3.05, 3.63) is 0 Å². The van der Waals surface area contributed by atoms with Gasteiger partial charge in [-0.1, -0.05) is 6.92 Å². The normalized spacial score (nSPS) is 15.9. The number of nitrogens with one attached hydrogen (secondary N) is 1. The summed E-state index contributed by atoms with van der Waals surface area (Å²) in [5, 5.41) is 11.9. The first-order chi connectivity index (χ1) is 6.75. The zero-order chi connectivity index (χ0) is 12.1. The van der Waals surface area contributed by atoms with Gasteiger partial charge >= 0.3 is 5.97 Å². The van der Waals surface area contributed by atoms with E-state index in [1.54, 1.807) is 0 Å². The highest BCUT2D eigenvalue weighted by Gasteiger charge is 2.43. The largest absolute Gasteiger partial charge is 0.480 e. The third-order valence-electron chi connectivity index (χ3n) is 2.48. The predicted molar refractivity (Wildman–Crippen MR) is 58.7 cm³/mol. The zero-order valence-corrected chi connectivity index (χ0v) is 10.2. The summed E-state index contributed by atoms with van der Waals surface area (Å²) in [6.07, 6.45) is 1.98. The van der Waals surface area contributed by atoms with Gasteiger partial charge < -0.3 is 10.4 Å². The Morgan fingerprint density at radius 3 is 2.27 bits per heavy atom. The molecule has 0 amide bonds. The molecule has 0 spiro atoms. The average Bonchev–Trinajstić information content (AvgIpc) is 2.09. The van der Waals surface area contributed by atoms with E-state index in [-0.39, 0.29) is 6.42 Å². The molecule has 1 atom stereocenters. The molecule has 15 heavy (non-hydrogen) atoms. The highest BCUT2D eigenvalue weighted by atomic mass is 32.2. The Labute approximate surface area is 90.8 Å². The van der Waals surface area contributed by atoms with Crippen molar-refractivity contribution in [3.63, 3.8) is 0 Å². The number of carboxylic acid groups (broad SMARTS) is 1. The van der Waals surface area contributed by atoms with Gasteiger partial charge in [0.1, 0.15) is 0 Å². The van der Waals surface area contributed by atoms with Crippen molar-refractivity contribution in [2.75, 3.05) is 19.3 Å². The lowest BCUT2D eigenvalue weighted by Gasteiger charge is -2.22. The molecule has 0 rings (SSSR count). The van der Waals surface area contributed by atoms with Gasteiger partial charge in [-0.25, -0.2) is 8.42 Å². The highest BCUT2D eigenvalue weighted by molar-refractivity contribution is 7.92. The Morgan fingerprint density at radius 1 is 1.40 bits per heavy atom. The summed E-state index contributed by atoms with van der Waals surface area (Å²) in [6, 6.07) is 0. The fourth-order valence-corrected chi connectivity index (χ4v) is 1.87. The number of hydrogen-bond donors (Lipinski definition) is 2. The third kappa shape index (κ3) is 3.79. The van der Waals surface area contributed by atoms with Crippen LogP contribution in [0.25, 0.3) is 0 Å². The first kappa shape index (κ1) is 14.4. The number of aliphatic carboxylic acids is 1. The summed E-state index contributed by atoms with van der Waals surface area (Å²) < 4.78 is 21.0. The van der Waals surface area contributed by atoms with E-state index in [1.807, 2.05) is 6.92 Å². The lowest BCUT2D eigenvalue weighted by Crippen LogP contribution is -2.45.